The van der Waals surface area contributed by atoms with E-state index in [1.165, 1.54) is 0 Å². The normalized spacial score (nSPS) is 12.4. The summed E-state index contributed by atoms with van der Waals surface area (Å²) in [7, 11) is 0. The smallest absolute Gasteiger partial charge is 0.228 e. The van der Waals surface area contributed by atoms with Crippen LogP contribution in [0.2, 0.25) is 0 Å². The monoisotopic (exact) mass is 481 g/mol. The van der Waals surface area contributed by atoms with Crippen molar-refractivity contribution in [2.75, 3.05) is 13.1 Å². The van der Waals surface area contributed by atoms with Crippen molar-refractivity contribution in [1.82, 2.24) is 15.0 Å². The van der Waals surface area contributed by atoms with E-state index >= 15 is 0 Å². The second kappa shape index (κ2) is 10.5. The Balaban J connectivity index is 1.38. The maximum absolute atomic E-state index is 10.6. The van der Waals surface area contributed by atoms with E-state index in [0.29, 0.717) is 44.2 Å². The number of halogens is 1. The van der Waals surface area contributed by atoms with Gasteiger partial charge in [0.25, 0.3) is 0 Å². The number of hydrogen-bond donors (Lipinski definition) is 1. The van der Waals surface area contributed by atoms with Gasteiger partial charge in [-0.15, -0.1) is 0 Å². The first-order valence-electron chi connectivity index (χ1n) is 10.2. The second-order valence-electron chi connectivity index (χ2n) is 7.43. The predicted molar refractivity (Wildman–Crippen MR) is 121 cm³/mol. The van der Waals surface area contributed by atoms with Crippen molar-refractivity contribution in [3.63, 3.8) is 0 Å². The Hall–Kier alpha value is -2.74. The molecule has 0 aliphatic carbocycles. The fraction of sp³-hybridized carbons (Fsp3) is 0.250. The molecule has 4 aromatic rings. The predicted octanol–water partition coefficient (Wildman–Crippen LogP) is 4.74. The lowest BCUT2D eigenvalue weighted by atomic mass is 10.1. The van der Waals surface area contributed by atoms with Crippen molar-refractivity contribution in [2.24, 2.45) is 0 Å². The van der Waals surface area contributed by atoms with Gasteiger partial charge in [0.1, 0.15) is 5.76 Å². The number of aliphatic hydroxyl groups is 1. The van der Waals surface area contributed by atoms with Crippen LogP contribution in [-0.2, 0) is 19.4 Å². The zero-order chi connectivity index (χ0) is 21.5. The minimum Gasteiger partial charge on any atom is -0.468 e. The summed E-state index contributed by atoms with van der Waals surface area (Å²) < 4.78 is 12.0. The van der Waals surface area contributed by atoms with Gasteiger partial charge in [0.05, 0.1) is 18.9 Å². The molecule has 0 aliphatic rings. The molecule has 7 heteroatoms. The lowest BCUT2D eigenvalue weighted by molar-refractivity contribution is 0.104. The Labute approximate surface area is 189 Å². The Morgan fingerprint density at radius 2 is 1.81 bits per heavy atom. The molecule has 6 nitrogen and oxygen atoms in total. The van der Waals surface area contributed by atoms with Crippen LogP contribution in [0.4, 0.5) is 0 Å². The van der Waals surface area contributed by atoms with E-state index in [1.54, 1.807) is 6.26 Å². The Morgan fingerprint density at radius 1 is 1.00 bits per heavy atom. The summed E-state index contributed by atoms with van der Waals surface area (Å²) in [6, 6.07) is 21.6. The molecule has 4 rings (SSSR count). The van der Waals surface area contributed by atoms with E-state index in [4.69, 9.17) is 8.94 Å². The first-order chi connectivity index (χ1) is 15.2. The first kappa shape index (κ1) is 21.5. The van der Waals surface area contributed by atoms with Gasteiger partial charge in [-0.25, -0.2) is 0 Å². The average molecular weight is 482 g/mol. The molecule has 1 unspecified atom stereocenters. The molecule has 0 saturated carbocycles. The summed E-state index contributed by atoms with van der Waals surface area (Å²) in [6.45, 7) is 1.78. The molecular weight excluding hydrogens is 458 g/mol. The maximum Gasteiger partial charge on any atom is 0.228 e. The van der Waals surface area contributed by atoms with Crippen LogP contribution in [0.25, 0.3) is 11.4 Å². The van der Waals surface area contributed by atoms with E-state index in [9.17, 15) is 5.11 Å². The van der Waals surface area contributed by atoms with Crippen molar-refractivity contribution < 1.29 is 14.0 Å². The van der Waals surface area contributed by atoms with Gasteiger partial charge in [0, 0.05) is 29.5 Å². The molecule has 2 aromatic heterocycles. The van der Waals surface area contributed by atoms with Crippen LogP contribution < -0.4 is 0 Å². The van der Waals surface area contributed by atoms with Gasteiger partial charge in [-0.05, 0) is 48.4 Å². The summed E-state index contributed by atoms with van der Waals surface area (Å²) in [4.78, 5) is 6.67. The lowest BCUT2D eigenvalue weighted by Gasteiger charge is -2.23. The van der Waals surface area contributed by atoms with Crippen LogP contribution in [0, 0.1) is 0 Å². The van der Waals surface area contributed by atoms with Crippen LogP contribution >= 0.6 is 15.9 Å². The molecule has 31 heavy (non-hydrogen) atoms. The maximum atomic E-state index is 10.6. The van der Waals surface area contributed by atoms with Crippen LogP contribution in [-0.4, -0.2) is 39.3 Å². The third-order valence-electron chi connectivity index (χ3n) is 4.96. The third-order valence-corrected chi connectivity index (χ3v) is 5.48. The molecule has 1 atom stereocenters. The van der Waals surface area contributed by atoms with E-state index in [0.717, 1.165) is 21.4 Å². The zero-order valence-corrected chi connectivity index (χ0v) is 18.6. The van der Waals surface area contributed by atoms with E-state index < -0.39 is 6.10 Å². The summed E-state index contributed by atoms with van der Waals surface area (Å²) in [5.74, 6) is 2.00. The van der Waals surface area contributed by atoms with E-state index in [1.807, 2.05) is 66.7 Å². The summed E-state index contributed by atoms with van der Waals surface area (Å²) in [5, 5.41) is 14.7. The van der Waals surface area contributed by atoms with Gasteiger partial charge >= 0.3 is 0 Å². The summed E-state index contributed by atoms with van der Waals surface area (Å²) >= 11 is 3.43. The number of hydrogen-bond acceptors (Lipinski definition) is 6. The number of aliphatic hydroxyl groups excluding tert-OH is 1. The molecule has 2 aromatic carbocycles. The highest BCUT2D eigenvalue weighted by atomic mass is 79.9. The fourth-order valence-corrected chi connectivity index (χ4v) is 3.70. The van der Waals surface area contributed by atoms with E-state index in [-0.39, 0.29) is 0 Å². The van der Waals surface area contributed by atoms with E-state index in [2.05, 4.69) is 31.0 Å². The highest BCUT2D eigenvalue weighted by Gasteiger charge is 2.16. The largest absolute Gasteiger partial charge is 0.468 e. The van der Waals surface area contributed by atoms with Crippen molar-refractivity contribution >= 4 is 15.9 Å². The molecule has 0 aliphatic heterocycles. The second-order valence-corrected chi connectivity index (χ2v) is 8.34. The SMILES string of the molecule is OC(Cc1ccccc1)CN(CCc1nc(-c2ccc(Br)cc2)no1)Cc1ccco1. The Kier molecular flexibility index (Phi) is 7.30. The average Bonchev–Trinajstić information content (AvgIpc) is 3.45. The van der Waals surface area contributed by atoms with Crippen LogP contribution in [0.1, 0.15) is 17.2 Å². The molecule has 0 fully saturated rings. The van der Waals surface area contributed by atoms with Crippen molar-refractivity contribution in [1.29, 1.82) is 0 Å². The highest BCUT2D eigenvalue weighted by molar-refractivity contribution is 9.10. The highest BCUT2D eigenvalue weighted by Crippen LogP contribution is 2.19. The molecule has 0 saturated heterocycles. The summed E-state index contributed by atoms with van der Waals surface area (Å²) in [5.41, 5.74) is 2.02. The first-order valence-corrected chi connectivity index (χ1v) is 11.0. The summed E-state index contributed by atoms with van der Waals surface area (Å²) in [6.07, 6.45) is 2.36. The number of rotatable bonds is 10. The molecule has 0 spiro atoms. The Morgan fingerprint density at radius 3 is 2.55 bits per heavy atom. The minimum atomic E-state index is -0.488. The third kappa shape index (κ3) is 6.37. The van der Waals surface area contributed by atoms with Gasteiger partial charge in [0.2, 0.25) is 11.7 Å². The van der Waals surface area contributed by atoms with Crippen molar-refractivity contribution in [3.05, 3.63) is 94.7 Å². The molecule has 2 heterocycles. The zero-order valence-electron chi connectivity index (χ0n) is 17.0. The van der Waals surface area contributed by atoms with Gasteiger partial charge in [-0.3, -0.25) is 4.90 Å². The van der Waals surface area contributed by atoms with Crippen molar-refractivity contribution in [3.8, 4) is 11.4 Å². The molecular formula is C24H24BrN3O3. The quantitative estimate of drug-likeness (QED) is 0.352. The van der Waals surface area contributed by atoms with Gasteiger partial charge < -0.3 is 14.0 Å². The number of benzene rings is 2. The molecule has 160 valence electrons. The minimum absolute atomic E-state index is 0.488. The molecule has 0 bridgehead atoms. The topological polar surface area (TPSA) is 75.5 Å². The standard InChI is InChI=1S/C24H24BrN3O3/c25-20-10-8-19(9-11-20)24-26-23(31-27-24)12-13-28(17-22-7-4-14-30-22)16-21(29)15-18-5-2-1-3-6-18/h1-11,14,21,29H,12-13,15-17H2. The number of nitrogens with zero attached hydrogens (tertiary/aromatic N) is 3. The lowest BCUT2D eigenvalue weighted by Crippen LogP contribution is -2.34. The Bertz CT molecular complexity index is 1050. The fourth-order valence-electron chi connectivity index (χ4n) is 3.43. The van der Waals surface area contributed by atoms with Gasteiger partial charge in [0.15, 0.2) is 0 Å². The van der Waals surface area contributed by atoms with Gasteiger partial charge in [-0.2, -0.15) is 4.98 Å². The van der Waals surface area contributed by atoms with Gasteiger partial charge in [-0.1, -0.05) is 51.4 Å². The van der Waals surface area contributed by atoms with Crippen LogP contribution in [0.3, 0.4) is 0 Å². The van der Waals surface area contributed by atoms with Crippen LogP contribution in [0.15, 0.2) is 86.4 Å². The molecule has 0 amide bonds. The number of furan rings is 1. The number of aromatic nitrogens is 2. The molecule has 0 radical (unpaired) electrons. The van der Waals surface area contributed by atoms with Crippen LogP contribution in [0.5, 0.6) is 0 Å². The van der Waals surface area contributed by atoms with Crippen molar-refractivity contribution in [2.45, 2.75) is 25.5 Å². The molecule has 1 N–H and O–H groups in total.